The summed E-state index contributed by atoms with van der Waals surface area (Å²) in [6, 6.07) is 15.6. The molecule has 36 heavy (non-hydrogen) atoms. The van der Waals surface area contributed by atoms with Crippen molar-refractivity contribution in [2.45, 2.75) is 34.6 Å². The van der Waals surface area contributed by atoms with Crippen molar-refractivity contribution in [3.63, 3.8) is 0 Å². The number of aromatic nitrogens is 1. The maximum absolute atomic E-state index is 13.5. The second-order valence-electron chi connectivity index (χ2n) is 8.69. The SMILES string of the molecule is CCN(CC)c1ccc(-n2c(C)cc(/C=C3\C(=O)NC(=S)N(c4cccc(Cl)c4C)C3=O)c2C)cc1. The van der Waals surface area contributed by atoms with E-state index in [2.05, 4.69) is 52.9 Å². The fourth-order valence-electron chi connectivity index (χ4n) is 4.60. The summed E-state index contributed by atoms with van der Waals surface area (Å²) in [6.07, 6.45) is 1.63. The molecule has 3 aromatic rings. The number of hydrogen-bond donors (Lipinski definition) is 1. The van der Waals surface area contributed by atoms with Gasteiger partial charge in [0.15, 0.2) is 5.11 Å². The number of thiocarbonyl (C=S) groups is 1. The van der Waals surface area contributed by atoms with Crippen molar-refractivity contribution in [3.8, 4) is 5.69 Å². The van der Waals surface area contributed by atoms with Crippen molar-refractivity contribution >= 4 is 58.2 Å². The lowest BCUT2D eigenvalue weighted by atomic mass is 10.1. The normalized spacial score (nSPS) is 15.0. The summed E-state index contributed by atoms with van der Waals surface area (Å²) in [5, 5.41) is 3.20. The molecule has 0 radical (unpaired) electrons. The van der Waals surface area contributed by atoms with Crippen molar-refractivity contribution in [2.24, 2.45) is 0 Å². The van der Waals surface area contributed by atoms with Gasteiger partial charge in [0.2, 0.25) is 0 Å². The molecule has 0 unspecified atom stereocenters. The van der Waals surface area contributed by atoms with E-state index < -0.39 is 11.8 Å². The van der Waals surface area contributed by atoms with Crippen LogP contribution >= 0.6 is 23.8 Å². The molecule has 0 bridgehead atoms. The molecule has 0 spiro atoms. The zero-order valence-electron chi connectivity index (χ0n) is 21.1. The summed E-state index contributed by atoms with van der Waals surface area (Å²) in [4.78, 5) is 29.9. The van der Waals surface area contributed by atoms with Gasteiger partial charge in [0, 0.05) is 40.9 Å². The Balaban J connectivity index is 1.72. The topological polar surface area (TPSA) is 57.6 Å². The number of benzene rings is 2. The molecule has 4 rings (SSSR count). The third-order valence-corrected chi connectivity index (χ3v) is 7.28. The number of nitrogens with zero attached hydrogens (tertiary/aromatic N) is 3. The molecular formula is C28H29ClN4O2S. The Bertz CT molecular complexity index is 1390. The third kappa shape index (κ3) is 4.56. The Hall–Kier alpha value is -3.42. The molecule has 0 aliphatic carbocycles. The van der Waals surface area contributed by atoms with Gasteiger partial charge in [0.25, 0.3) is 11.8 Å². The van der Waals surface area contributed by atoms with E-state index in [1.165, 1.54) is 10.6 Å². The van der Waals surface area contributed by atoms with Gasteiger partial charge in [0.05, 0.1) is 5.69 Å². The highest BCUT2D eigenvalue weighted by molar-refractivity contribution is 7.80. The fraction of sp³-hybridized carbons (Fsp3) is 0.250. The first-order valence-electron chi connectivity index (χ1n) is 11.9. The maximum atomic E-state index is 13.5. The average molecular weight is 521 g/mol. The van der Waals surface area contributed by atoms with Gasteiger partial charge in [-0.15, -0.1) is 0 Å². The van der Waals surface area contributed by atoms with Crippen LogP contribution in [0.1, 0.15) is 36.4 Å². The molecule has 6 nitrogen and oxygen atoms in total. The van der Waals surface area contributed by atoms with Gasteiger partial charge >= 0.3 is 0 Å². The predicted octanol–water partition coefficient (Wildman–Crippen LogP) is 5.73. The molecule has 1 N–H and O–H groups in total. The third-order valence-electron chi connectivity index (χ3n) is 6.59. The first kappa shape index (κ1) is 25.7. The van der Waals surface area contributed by atoms with Crippen LogP contribution in [0.15, 0.2) is 54.1 Å². The summed E-state index contributed by atoms with van der Waals surface area (Å²) in [5.41, 5.74) is 6.16. The Morgan fingerprint density at radius 3 is 2.33 bits per heavy atom. The lowest BCUT2D eigenvalue weighted by Crippen LogP contribution is -2.54. The molecule has 2 heterocycles. The number of anilines is 2. The van der Waals surface area contributed by atoms with E-state index in [4.69, 9.17) is 23.8 Å². The summed E-state index contributed by atoms with van der Waals surface area (Å²) in [6.45, 7) is 12.0. The first-order valence-corrected chi connectivity index (χ1v) is 12.7. The van der Waals surface area contributed by atoms with Crippen LogP contribution in [0, 0.1) is 20.8 Å². The van der Waals surface area contributed by atoms with Gasteiger partial charge in [-0.05, 0) is 107 Å². The number of carbonyl (C=O) groups excluding carboxylic acids is 2. The maximum Gasteiger partial charge on any atom is 0.270 e. The van der Waals surface area contributed by atoms with Crippen molar-refractivity contribution in [1.29, 1.82) is 0 Å². The van der Waals surface area contributed by atoms with Crippen LogP contribution in [0.5, 0.6) is 0 Å². The molecule has 1 aromatic heterocycles. The second-order valence-corrected chi connectivity index (χ2v) is 9.49. The number of carbonyl (C=O) groups is 2. The summed E-state index contributed by atoms with van der Waals surface area (Å²) in [7, 11) is 0. The van der Waals surface area contributed by atoms with E-state index in [0.29, 0.717) is 16.3 Å². The van der Waals surface area contributed by atoms with Gasteiger partial charge in [-0.3, -0.25) is 19.8 Å². The van der Waals surface area contributed by atoms with Crippen molar-refractivity contribution < 1.29 is 9.59 Å². The number of aryl methyl sites for hydroxylation is 1. The predicted molar refractivity (Wildman–Crippen MR) is 151 cm³/mol. The Kier molecular flexibility index (Phi) is 7.33. The van der Waals surface area contributed by atoms with E-state index >= 15 is 0 Å². The van der Waals surface area contributed by atoms with E-state index in [-0.39, 0.29) is 10.7 Å². The number of halogens is 1. The highest BCUT2D eigenvalue weighted by Gasteiger charge is 2.35. The molecule has 1 fully saturated rings. The molecule has 186 valence electrons. The van der Waals surface area contributed by atoms with Crippen LogP contribution in [0.25, 0.3) is 11.8 Å². The molecule has 1 saturated heterocycles. The first-order chi connectivity index (χ1) is 17.2. The molecular weight excluding hydrogens is 492 g/mol. The highest BCUT2D eigenvalue weighted by atomic mass is 35.5. The molecule has 2 aromatic carbocycles. The monoisotopic (exact) mass is 520 g/mol. The quantitative estimate of drug-likeness (QED) is 0.256. The Morgan fingerprint density at radius 1 is 1.03 bits per heavy atom. The summed E-state index contributed by atoms with van der Waals surface area (Å²) in [5.74, 6) is -1.00. The number of amides is 2. The van der Waals surface area contributed by atoms with Gasteiger partial charge < -0.3 is 9.47 Å². The van der Waals surface area contributed by atoms with Crippen LogP contribution < -0.4 is 15.1 Å². The van der Waals surface area contributed by atoms with Gasteiger partial charge in [0.1, 0.15) is 5.57 Å². The van der Waals surface area contributed by atoms with Gasteiger partial charge in [-0.2, -0.15) is 0 Å². The van der Waals surface area contributed by atoms with Crippen LogP contribution in [0.4, 0.5) is 11.4 Å². The standard InChI is InChI=1S/C28H29ClN4O2S/c1-6-31(7-2)21-11-13-22(14-12-21)32-17(3)15-20(19(32)5)16-23-26(34)30-28(36)33(27(23)35)25-10-8-9-24(29)18(25)4/h8-16H,6-7H2,1-5H3,(H,30,34,36)/b23-16+. The number of nitrogens with one attached hydrogen (secondary N) is 1. The van der Waals surface area contributed by atoms with Crippen molar-refractivity contribution in [1.82, 2.24) is 9.88 Å². The molecule has 0 atom stereocenters. The average Bonchev–Trinajstić information content (AvgIpc) is 3.13. The lowest BCUT2D eigenvalue weighted by Gasteiger charge is -2.30. The van der Waals surface area contributed by atoms with Crippen molar-refractivity contribution in [3.05, 3.63) is 81.6 Å². The zero-order valence-corrected chi connectivity index (χ0v) is 22.6. The van der Waals surface area contributed by atoms with E-state index in [1.807, 2.05) is 26.8 Å². The van der Waals surface area contributed by atoms with Crippen LogP contribution in [-0.4, -0.2) is 34.6 Å². The molecule has 0 saturated carbocycles. The molecule has 1 aliphatic rings. The zero-order chi connectivity index (χ0) is 26.1. The highest BCUT2D eigenvalue weighted by Crippen LogP contribution is 2.31. The summed E-state index contributed by atoms with van der Waals surface area (Å²) >= 11 is 11.6. The molecule has 1 aliphatic heterocycles. The molecule has 8 heteroatoms. The van der Waals surface area contributed by atoms with E-state index in [1.54, 1.807) is 24.3 Å². The number of rotatable bonds is 6. The minimum Gasteiger partial charge on any atom is -0.372 e. The van der Waals surface area contributed by atoms with Gasteiger partial charge in [-0.25, -0.2) is 0 Å². The number of hydrogen-bond acceptors (Lipinski definition) is 4. The fourth-order valence-corrected chi connectivity index (χ4v) is 5.05. The molecule has 2 amide bonds. The van der Waals surface area contributed by atoms with Crippen LogP contribution in [0.3, 0.4) is 0 Å². The van der Waals surface area contributed by atoms with E-state index in [0.717, 1.165) is 35.7 Å². The van der Waals surface area contributed by atoms with Crippen molar-refractivity contribution in [2.75, 3.05) is 22.9 Å². The van der Waals surface area contributed by atoms with Gasteiger partial charge in [-0.1, -0.05) is 17.7 Å². The minimum absolute atomic E-state index is 0.0140. The largest absolute Gasteiger partial charge is 0.372 e. The van der Waals surface area contributed by atoms with E-state index in [9.17, 15) is 9.59 Å². The minimum atomic E-state index is -0.519. The lowest BCUT2D eigenvalue weighted by molar-refractivity contribution is -0.122. The van der Waals surface area contributed by atoms with Crippen LogP contribution in [0.2, 0.25) is 5.02 Å². The summed E-state index contributed by atoms with van der Waals surface area (Å²) < 4.78 is 2.12. The van der Waals surface area contributed by atoms with Crippen LogP contribution in [-0.2, 0) is 9.59 Å². The second kappa shape index (κ2) is 10.3. The Labute approximate surface area is 222 Å². The Morgan fingerprint density at radius 2 is 1.69 bits per heavy atom. The smallest absolute Gasteiger partial charge is 0.270 e.